The van der Waals surface area contributed by atoms with E-state index >= 15 is 0 Å². The fourth-order valence-corrected chi connectivity index (χ4v) is 1.83. The molecule has 3 aromatic rings. The molecule has 0 unspecified atom stereocenters. The molecule has 1 aromatic carbocycles. The zero-order valence-electron chi connectivity index (χ0n) is 9.66. The molecule has 19 heavy (non-hydrogen) atoms. The summed E-state index contributed by atoms with van der Waals surface area (Å²) in [5.41, 5.74) is 1.56. The molecule has 0 bridgehead atoms. The van der Waals surface area contributed by atoms with Gasteiger partial charge in [0.05, 0.1) is 11.2 Å². The van der Waals surface area contributed by atoms with Crippen molar-refractivity contribution >= 4 is 11.6 Å². The zero-order chi connectivity index (χ0) is 13.2. The van der Waals surface area contributed by atoms with E-state index in [-0.39, 0.29) is 10.8 Å². The van der Waals surface area contributed by atoms with Crippen molar-refractivity contribution in [2.45, 2.75) is 0 Å². The third-order valence-corrected chi connectivity index (χ3v) is 2.78. The van der Waals surface area contributed by atoms with Gasteiger partial charge in [0, 0.05) is 11.8 Å². The summed E-state index contributed by atoms with van der Waals surface area (Å²) in [6.07, 6.45) is 2.98. The quantitative estimate of drug-likeness (QED) is 0.721. The summed E-state index contributed by atoms with van der Waals surface area (Å²) >= 11 is 5.66. The normalized spacial score (nSPS) is 10.6. The second-order valence-electron chi connectivity index (χ2n) is 3.87. The van der Waals surface area contributed by atoms with Crippen LogP contribution in [0.25, 0.3) is 17.1 Å². The highest BCUT2D eigenvalue weighted by Gasteiger charge is 2.10. The summed E-state index contributed by atoms with van der Waals surface area (Å²) in [5.74, 6) is -0.476. The van der Waals surface area contributed by atoms with Gasteiger partial charge in [0.15, 0.2) is 11.6 Å². The van der Waals surface area contributed by atoms with Crippen LogP contribution in [0.3, 0.4) is 0 Å². The fourth-order valence-electron chi connectivity index (χ4n) is 1.68. The van der Waals surface area contributed by atoms with Crippen LogP contribution in [0.5, 0.6) is 0 Å². The maximum absolute atomic E-state index is 13.7. The maximum Gasteiger partial charge on any atom is 0.191 e. The lowest BCUT2D eigenvalue weighted by molar-refractivity contribution is 0.596. The fraction of sp³-hybridized carbons (Fsp3) is 0. The molecule has 0 aliphatic heterocycles. The summed E-state index contributed by atoms with van der Waals surface area (Å²) in [5, 5.41) is 8.11. The second-order valence-corrected chi connectivity index (χ2v) is 4.31. The predicted molar refractivity (Wildman–Crippen MR) is 69.6 cm³/mol. The molecular weight excluding hydrogens is 267 g/mol. The minimum absolute atomic E-state index is 0.0686. The number of benzene rings is 1. The van der Waals surface area contributed by atoms with Crippen LogP contribution in [-0.4, -0.2) is 20.0 Å². The van der Waals surface area contributed by atoms with E-state index in [1.807, 2.05) is 30.3 Å². The number of hydrogen-bond donors (Lipinski definition) is 0. The first-order chi connectivity index (χ1) is 9.24. The Morgan fingerprint density at radius 1 is 1.16 bits per heavy atom. The number of halogens is 2. The highest BCUT2D eigenvalue weighted by atomic mass is 35.5. The number of hydrogen-bond acceptors (Lipinski definition) is 3. The van der Waals surface area contributed by atoms with Crippen molar-refractivity contribution < 1.29 is 4.39 Å². The minimum atomic E-state index is -0.544. The molecule has 0 saturated carbocycles. The summed E-state index contributed by atoms with van der Waals surface area (Å²) in [7, 11) is 0. The van der Waals surface area contributed by atoms with E-state index in [9.17, 15) is 4.39 Å². The van der Waals surface area contributed by atoms with Crippen molar-refractivity contribution in [3.05, 3.63) is 59.6 Å². The van der Waals surface area contributed by atoms with Gasteiger partial charge >= 0.3 is 0 Å². The molecule has 94 valence electrons. The van der Waals surface area contributed by atoms with Crippen LogP contribution in [0.4, 0.5) is 4.39 Å². The average molecular weight is 275 g/mol. The van der Waals surface area contributed by atoms with Gasteiger partial charge in [-0.05, 0) is 6.07 Å². The third kappa shape index (κ3) is 2.32. The molecule has 0 atom stereocenters. The maximum atomic E-state index is 13.7. The van der Waals surface area contributed by atoms with Gasteiger partial charge in [-0.25, -0.2) is 9.37 Å². The van der Waals surface area contributed by atoms with Crippen molar-refractivity contribution in [3.8, 4) is 17.1 Å². The summed E-state index contributed by atoms with van der Waals surface area (Å²) in [4.78, 5) is 3.91. The Labute approximate surface area is 113 Å². The van der Waals surface area contributed by atoms with Crippen molar-refractivity contribution in [2.75, 3.05) is 0 Å². The summed E-state index contributed by atoms with van der Waals surface area (Å²) in [6, 6.07) is 10.7. The Morgan fingerprint density at radius 2 is 1.95 bits per heavy atom. The highest BCUT2D eigenvalue weighted by Crippen LogP contribution is 2.18. The minimum Gasteiger partial charge on any atom is -0.233 e. The first kappa shape index (κ1) is 11.8. The van der Waals surface area contributed by atoms with Gasteiger partial charge in [0.1, 0.15) is 5.69 Å². The topological polar surface area (TPSA) is 43.6 Å². The van der Waals surface area contributed by atoms with Crippen LogP contribution in [0.2, 0.25) is 5.02 Å². The lowest BCUT2D eigenvalue weighted by Gasteiger charge is -2.00. The SMILES string of the molecule is Fc1cc(Cl)cnc1-n1cc(-c2ccccc2)nn1. The molecule has 6 heteroatoms. The number of aromatic nitrogens is 4. The summed E-state index contributed by atoms with van der Waals surface area (Å²) < 4.78 is 15.0. The smallest absolute Gasteiger partial charge is 0.191 e. The van der Waals surface area contributed by atoms with Crippen LogP contribution in [-0.2, 0) is 0 Å². The van der Waals surface area contributed by atoms with E-state index in [0.29, 0.717) is 5.69 Å². The number of pyridine rings is 1. The van der Waals surface area contributed by atoms with Crippen molar-refractivity contribution in [1.82, 2.24) is 20.0 Å². The Bertz CT molecular complexity index is 712. The van der Waals surface area contributed by atoms with Gasteiger partial charge < -0.3 is 0 Å². The molecule has 0 N–H and O–H groups in total. The largest absolute Gasteiger partial charge is 0.233 e. The molecule has 2 heterocycles. The molecule has 0 aliphatic carbocycles. The van der Waals surface area contributed by atoms with E-state index < -0.39 is 5.82 Å². The van der Waals surface area contributed by atoms with Gasteiger partial charge in [-0.2, -0.15) is 4.68 Å². The van der Waals surface area contributed by atoms with Crippen LogP contribution in [0.15, 0.2) is 48.8 Å². The van der Waals surface area contributed by atoms with E-state index in [2.05, 4.69) is 15.3 Å². The van der Waals surface area contributed by atoms with Crippen LogP contribution in [0, 0.1) is 5.82 Å². The molecule has 0 spiro atoms. The second kappa shape index (κ2) is 4.78. The Balaban J connectivity index is 2.02. The Kier molecular flexibility index (Phi) is 2.97. The van der Waals surface area contributed by atoms with Crippen LogP contribution >= 0.6 is 11.6 Å². The molecule has 0 aliphatic rings. The van der Waals surface area contributed by atoms with E-state index in [0.717, 1.165) is 5.56 Å². The molecule has 0 amide bonds. The standard InChI is InChI=1S/C13H8ClFN4/c14-10-6-11(15)13(16-7-10)19-8-12(17-18-19)9-4-2-1-3-5-9/h1-8H. The lowest BCUT2D eigenvalue weighted by atomic mass is 10.2. The van der Waals surface area contributed by atoms with Gasteiger partial charge in [-0.15, -0.1) is 5.10 Å². The highest BCUT2D eigenvalue weighted by molar-refractivity contribution is 6.30. The molecule has 3 rings (SSSR count). The molecular formula is C13H8ClFN4. The molecule has 0 radical (unpaired) electrons. The van der Waals surface area contributed by atoms with E-state index in [1.165, 1.54) is 16.9 Å². The van der Waals surface area contributed by atoms with E-state index in [1.54, 1.807) is 6.20 Å². The molecule has 0 fully saturated rings. The lowest BCUT2D eigenvalue weighted by Crippen LogP contribution is -2.01. The van der Waals surface area contributed by atoms with Gasteiger partial charge in [0.2, 0.25) is 0 Å². The zero-order valence-corrected chi connectivity index (χ0v) is 10.4. The van der Waals surface area contributed by atoms with Crippen molar-refractivity contribution in [1.29, 1.82) is 0 Å². The Hall–Kier alpha value is -2.27. The van der Waals surface area contributed by atoms with Crippen molar-refractivity contribution in [2.24, 2.45) is 0 Å². The molecule has 0 saturated heterocycles. The van der Waals surface area contributed by atoms with Gasteiger partial charge in [-0.3, -0.25) is 0 Å². The molecule has 2 aromatic heterocycles. The van der Waals surface area contributed by atoms with Crippen LogP contribution < -0.4 is 0 Å². The first-order valence-corrected chi connectivity index (χ1v) is 5.91. The number of rotatable bonds is 2. The van der Waals surface area contributed by atoms with Gasteiger partial charge in [0.25, 0.3) is 0 Å². The third-order valence-electron chi connectivity index (χ3n) is 2.57. The molecule has 4 nitrogen and oxygen atoms in total. The summed E-state index contributed by atoms with van der Waals surface area (Å²) in [6.45, 7) is 0. The van der Waals surface area contributed by atoms with Crippen molar-refractivity contribution in [3.63, 3.8) is 0 Å². The predicted octanol–water partition coefficient (Wildman–Crippen LogP) is 3.12. The average Bonchev–Trinajstić information content (AvgIpc) is 2.89. The number of nitrogens with zero attached hydrogens (tertiary/aromatic N) is 4. The van der Waals surface area contributed by atoms with E-state index in [4.69, 9.17) is 11.6 Å². The van der Waals surface area contributed by atoms with Gasteiger partial charge in [-0.1, -0.05) is 47.1 Å². The monoisotopic (exact) mass is 274 g/mol. The van der Waals surface area contributed by atoms with Crippen LogP contribution in [0.1, 0.15) is 0 Å². The Morgan fingerprint density at radius 3 is 2.68 bits per heavy atom. The first-order valence-electron chi connectivity index (χ1n) is 5.53.